The van der Waals surface area contributed by atoms with Gasteiger partial charge in [-0.05, 0) is 24.4 Å². The van der Waals surface area contributed by atoms with Crippen LogP contribution in [-0.4, -0.2) is 24.8 Å². The van der Waals surface area contributed by atoms with E-state index in [2.05, 4.69) is 11.4 Å². The second kappa shape index (κ2) is 6.10. The quantitative estimate of drug-likeness (QED) is 0.593. The molecule has 0 radical (unpaired) electrons. The largest absolute Gasteiger partial charge is 0.396 e. The SMILES string of the molecule is NCC(NCCCO)c1cccs1. The van der Waals surface area contributed by atoms with Crippen molar-refractivity contribution < 1.29 is 5.11 Å². The summed E-state index contributed by atoms with van der Waals surface area (Å²) in [6.45, 7) is 1.65. The van der Waals surface area contributed by atoms with Crippen LogP contribution in [-0.2, 0) is 0 Å². The van der Waals surface area contributed by atoms with Crippen molar-refractivity contribution in [1.29, 1.82) is 0 Å². The van der Waals surface area contributed by atoms with Crippen LogP contribution in [0.1, 0.15) is 17.3 Å². The maximum Gasteiger partial charge on any atom is 0.0539 e. The van der Waals surface area contributed by atoms with Crippen LogP contribution in [0.2, 0.25) is 0 Å². The molecule has 0 fully saturated rings. The van der Waals surface area contributed by atoms with E-state index in [-0.39, 0.29) is 12.6 Å². The number of rotatable bonds is 6. The lowest BCUT2D eigenvalue weighted by Gasteiger charge is -2.14. The molecule has 3 nitrogen and oxygen atoms in total. The van der Waals surface area contributed by atoms with E-state index in [4.69, 9.17) is 10.8 Å². The summed E-state index contributed by atoms with van der Waals surface area (Å²) in [5.41, 5.74) is 5.63. The molecule has 4 heteroatoms. The van der Waals surface area contributed by atoms with Crippen LogP contribution in [0.4, 0.5) is 0 Å². The van der Waals surface area contributed by atoms with Crippen LogP contribution in [0.15, 0.2) is 17.5 Å². The van der Waals surface area contributed by atoms with Gasteiger partial charge in [-0.15, -0.1) is 11.3 Å². The zero-order valence-electron chi connectivity index (χ0n) is 7.57. The van der Waals surface area contributed by atoms with Crippen molar-refractivity contribution in [2.75, 3.05) is 19.7 Å². The van der Waals surface area contributed by atoms with E-state index in [0.29, 0.717) is 6.54 Å². The maximum absolute atomic E-state index is 8.61. The van der Waals surface area contributed by atoms with Crippen molar-refractivity contribution in [3.05, 3.63) is 22.4 Å². The van der Waals surface area contributed by atoms with Gasteiger partial charge in [-0.1, -0.05) is 6.07 Å². The third kappa shape index (κ3) is 3.44. The summed E-state index contributed by atoms with van der Waals surface area (Å²) in [6, 6.07) is 4.34. The molecule has 1 rings (SSSR count). The fraction of sp³-hybridized carbons (Fsp3) is 0.556. The smallest absolute Gasteiger partial charge is 0.0539 e. The van der Waals surface area contributed by atoms with Crippen LogP contribution in [0.3, 0.4) is 0 Å². The molecular weight excluding hydrogens is 184 g/mol. The van der Waals surface area contributed by atoms with Crippen LogP contribution in [0, 0.1) is 0 Å². The van der Waals surface area contributed by atoms with Gasteiger partial charge in [0.15, 0.2) is 0 Å². The molecular formula is C9H16N2OS. The number of hydrogen-bond acceptors (Lipinski definition) is 4. The predicted molar refractivity (Wildman–Crippen MR) is 55.8 cm³/mol. The molecule has 1 atom stereocenters. The summed E-state index contributed by atoms with van der Waals surface area (Å²) in [6.07, 6.45) is 0.780. The Bertz CT molecular complexity index is 213. The van der Waals surface area contributed by atoms with Gasteiger partial charge in [-0.2, -0.15) is 0 Å². The standard InChI is InChI=1S/C9H16N2OS/c10-7-8(11-4-2-5-12)9-3-1-6-13-9/h1,3,6,8,11-12H,2,4-5,7,10H2. The molecule has 4 N–H and O–H groups in total. The highest BCUT2D eigenvalue weighted by Crippen LogP contribution is 2.17. The Labute approximate surface area is 82.6 Å². The van der Waals surface area contributed by atoms with Crippen molar-refractivity contribution in [3.8, 4) is 0 Å². The second-order valence-electron chi connectivity index (χ2n) is 2.83. The first-order valence-electron chi connectivity index (χ1n) is 4.46. The molecule has 74 valence electrons. The fourth-order valence-electron chi connectivity index (χ4n) is 1.14. The monoisotopic (exact) mass is 200 g/mol. The number of hydrogen-bond donors (Lipinski definition) is 3. The van der Waals surface area contributed by atoms with E-state index >= 15 is 0 Å². The van der Waals surface area contributed by atoms with Gasteiger partial charge in [0.2, 0.25) is 0 Å². The number of nitrogens with two attached hydrogens (primary N) is 1. The summed E-state index contributed by atoms with van der Waals surface area (Å²) in [4.78, 5) is 1.26. The van der Waals surface area contributed by atoms with Gasteiger partial charge in [0.05, 0.1) is 6.04 Å². The molecule has 0 aliphatic carbocycles. The zero-order valence-corrected chi connectivity index (χ0v) is 8.39. The van der Waals surface area contributed by atoms with Gasteiger partial charge in [0.25, 0.3) is 0 Å². The van der Waals surface area contributed by atoms with E-state index in [1.165, 1.54) is 4.88 Å². The third-order valence-electron chi connectivity index (χ3n) is 1.85. The Balaban J connectivity index is 2.35. The average molecular weight is 200 g/mol. The van der Waals surface area contributed by atoms with Crippen molar-refractivity contribution in [2.24, 2.45) is 5.73 Å². The molecule has 0 spiro atoms. The highest BCUT2D eigenvalue weighted by molar-refractivity contribution is 7.10. The molecule has 13 heavy (non-hydrogen) atoms. The van der Waals surface area contributed by atoms with E-state index in [0.717, 1.165) is 13.0 Å². The third-order valence-corrected chi connectivity index (χ3v) is 2.83. The van der Waals surface area contributed by atoms with E-state index in [9.17, 15) is 0 Å². The topological polar surface area (TPSA) is 58.3 Å². The molecule has 1 heterocycles. The lowest BCUT2D eigenvalue weighted by molar-refractivity contribution is 0.283. The van der Waals surface area contributed by atoms with Gasteiger partial charge in [0.1, 0.15) is 0 Å². The summed E-state index contributed by atoms with van der Waals surface area (Å²) < 4.78 is 0. The van der Waals surface area contributed by atoms with Crippen LogP contribution >= 0.6 is 11.3 Å². The summed E-state index contributed by atoms with van der Waals surface area (Å²) in [5, 5.41) is 14.0. The Morgan fingerprint density at radius 1 is 1.62 bits per heavy atom. The summed E-state index contributed by atoms with van der Waals surface area (Å²) >= 11 is 1.71. The van der Waals surface area contributed by atoms with Crippen LogP contribution < -0.4 is 11.1 Å². The molecule has 1 aromatic heterocycles. The molecule has 0 amide bonds. The van der Waals surface area contributed by atoms with E-state index in [1.807, 2.05) is 11.4 Å². The Morgan fingerprint density at radius 2 is 2.46 bits per heavy atom. The minimum Gasteiger partial charge on any atom is -0.396 e. The summed E-state index contributed by atoms with van der Waals surface area (Å²) in [5.74, 6) is 0. The van der Waals surface area contributed by atoms with Gasteiger partial charge in [-0.3, -0.25) is 0 Å². The van der Waals surface area contributed by atoms with Crippen molar-refractivity contribution in [1.82, 2.24) is 5.32 Å². The second-order valence-corrected chi connectivity index (χ2v) is 3.81. The van der Waals surface area contributed by atoms with Gasteiger partial charge in [0, 0.05) is 18.0 Å². The number of aliphatic hydroxyl groups is 1. The molecule has 0 bridgehead atoms. The Hall–Kier alpha value is -0.420. The number of thiophene rings is 1. The lowest BCUT2D eigenvalue weighted by Crippen LogP contribution is -2.28. The first-order chi connectivity index (χ1) is 6.38. The first-order valence-corrected chi connectivity index (χ1v) is 5.34. The zero-order chi connectivity index (χ0) is 9.52. The number of nitrogens with one attached hydrogen (secondary N) is 1. The Morgan fingerprint density at radius 3 is 3.00 bits per heavy atom. The number of aliphatic hydroxyl groups excluding tert-OH is 1. The van der Waals surface area contributed by atoms with E-state index < -0.39 is 0 Å². The molecule has 0 aliphatic heterocycles. The van der Waals surface area contributed by atoms with Crippen LogP contribution in [0.5, 0.6) is 0 Å². The molecule has 1 aromatic rings. The predicted octanol–water partition coefficient (Wildman–Crippen LogP) is 0.720. The highest BCUT2D eigenvalue weighted by atomic mass is 32.1. The molecule has 0 aromatic carbocycles. The minimum absolute atomic E-state index is 0.231. The Kier molecular flexibility index (Phi) is 5.00. The van der Waals surface area contributed by atoms with Gasteiger partial charge < -0.3 is 16.2 Å². The van der Waals surface area contributed by atoms with Crippen molar-refractivity contribution >= 4 is 11.3 Å². The van der Waals surface area contributed by atoms with Crippen LogP contribution in [0.25, 0.3) is 0 Å². The highest BCUT2D eigenvalue weighted by Gasteiger charge is 2.08. The summed E-state index contributed by atoms with van der Waals surface area (Å²) in [7, 11) is 0. The fourth-order valence-corrected chi connectivity index (χ4v) is 1.96. The molecule has 1 unspecified atom stereocenters. The van der Waals surface area contributed by atoms with E-state index in [1.54, 1.807) is 11.3 Å². The average Bonchev–Trinajstić information content (AvgIpc) is 2.65. The molecule has 0 saturated heterocycles. The minimum atomic E-state index is 0.231. The van der Waals surface area contributed by atoms with Gasteiger partial charge in [-0.25, -0.2) is 0 Å². The maximum atomic E-state index is 8.61. The molecule has 0 aliphatic rings. The molecule has 0 saturated carbocycles. The van der Waals surface area contributed by atoms with Crippen molar-refractivity contribution in [2.45, 2.75) is 12.5 Å². The normalized spacial score (nSPS) is 13.1. The first kappa shape index (κ1) is 10.7. The van der Waals surface area contributed by atoms with Gasteiger partial charge >= 0.3 is 0 Å². The van der Waals surface area contributed by atoms with Crippen molar-refractivity contribution in [3.63, 3.8) is 0 Å². The lowest BCUT2D eigenvalue weighted by atomic mass is 10.2.